The van der Waals surface area contributed by atoms with Crippen LogP contribution in [0.3, 0.4) is 0 Å². The van der Waals surface area contributed by atoms with Gasteiger partial charge in [0.25, 0.3) is 0 Å². The van der Waals surface area contributed by atoms with Crippen LogP contribution in [0.25, 0.3) is 11.0 Å². The first-order valence-electron chi connectivity index (χ1n) is 5.28. The van der Waals surface area contributed by atoms with E-state index < -0.39 is 6.10 Å². The molecule has 3 rings (SSSR count). The van der Waals surface area contributed by atoms with E-state index in [1.54, 1.807) is 22.8 Å². The third-order valence-corrected chi connectivity index (χ3v) is 3.17. The molecule has 2 aromatic rings. The summed E-state index contributed by atoms with van der Waals surface area (Å²) in [5.41, 5.74) is 7.93. The Balaban J connectivity index is 2.37. The van der Waals surface area contributed by atoms with E-state index in [-0.39, 0.29) is 12.1 Å². The van der Waals surface area contributed by atoms with E-state index in [0.29, 0.717) is 24.0 Å². The van der Waals surface area contributed by atoms with Crippen LogP contribution in [0.15, 0.2) is 18.2 Å². The number of aromatic nitrogens is 2. The minimum absolute atomic E-state index is 0.260. The fraction of sp³-hybridized carbons (Fsp3) is 0.364. The van der Waals surface area contributed by atoms with Crippen molar-refractivity contribution in [2.75, 3.05) is 0 Å². The summed E-state index contributed by atoms with van der Waals surface area (Å²) in [6.45, 7) is 0.518. The minimum Gasteiger partial charge on any atom is -0.846 e. The topological polar surface area (TPSA) is 87.1 Å². The molecule has 0 radical (unpaired) electrons. The van der Waals surface area contributed by atoms with Crippen molar-refractivity contribution >= 4 is 11.0 Å². The van der Waals surface area contributed by atoms with Crippen molar-refractivity contribution in [1.82, 2.24) is 9.55 Å². The lowest BCUT2D eigenvalue weighted by atomic mass is 10.0. The second-order valence-electron chi connectivity index (χ2n) is 4.16. The lowest BCUT2D eigenvalue weighted by Gasteiger charge is -2.16. The highest BCUT2D eigenvalue weighted by Crippen LogP contribution is 2.32. The number of para-hydroxylation sites is 1. The molecule has 0 spiro atoms. The lowest BCUT2D eigenvalue weighted by Crippen LogP contribution is -2.28. The van der Waals surface area contributed by atoms with Gasteiger partial charge in [0.05, 0.1) is 23.1 Å². The fourth-order valence-corrected chi connectivity index (χ4v) is 2.30. The van der Waals surface area contributed by atoms with E-state index in [9.17, 15) is 10.2 Å². The predicted molar refractivity (Wildman–Crippen MR) is 56.7 cm³/mol. The third-order valence-electron chi connectivity index (χ3n) is 3.17. The van der Waals surface area contributed by atoms with Gasteiger partial charge >= 0.3 is 0 Å². The molecule has 0 amide bonds. The Kier molecular flexibility index (Phi) is 1.92. The van der Waals surface area contributed by atoms with Crippen LogP contribution in [0.4, 0.5) is 0 Å². The van der Waals surface area contributed by atoms with Gasteiger partial charge in [0.2, 0.25) is 0 Å². The van der Waals surface area contributed by atoms with E-state index in [4.69, 9.17) is 5.73 Å². The van der Waals surface area contributed by atoms with Crippen LogP contribution in [0.1, 0.15) is 18.1 Å². The van der Waals surface area contributed by atoms with E-state index in [0.717, 1.165) is 5.52 Å². The molecule has 0 fully saturated rings. The highest BCUT2D eigenvalue weighted by Gasteiger charge is 2.24. The van der Waals surface area contributed by atoms with Crippen LogP contribution in [0.2, 0.25) is 0 Å². The number of nitrogens with two attached hydrogens (primary N) is 1. The number of hydrogen-bond acceptors (Lipinski definition) is 4. The van der Waals surface area contributed by atoms with Crippen molar-refractivity contribution in [2.45, 2.75) is 25.1 Å². The Morgan fingerprint density at radius 1 is 1.50 bits per heavy atom. The van der Waals surface area contributed by atoms with Crippen molar-refractivity contribution in [3.63, 3.8) is 0 Å². The number of imidazole rings is 1. The molecule has 2 atom stereocenters. The maximum Gasteiger partial charge on any atom is 0.0962 e. The molecule has 3 N–H and O–H groups in total. The highest BCUT2D eigenvalue weighted by molar-refractivity contribution is 5.81. The van der Waals surface area contributed by atoms with Crippen molar-refractivity contribution in [3.8, 4) is 6.01 Å². The fourth-order valence-electron chi connectivity index (χ4n) is 2.30. The van der Waals surface area contributed by atoms with E-state index in [1.807, 2.05) is 0 Å². The average molecular weight is 218 g/mol. The summed E-state index contributed by atoms with van der Waals surface area (Å²) in [6.07, 6.45) is -0.141. The number of hydrogen-bond donors (Lipinski definition) is 2. The van der Waals surface area contributed by atoms with Crippen LogP contribution in [0.5, 0.6) is 6.01 Å². The molecule has 84 valence electrons. The third kappa shape index (κ3) is 1.15. The van der Waals surface area contributed by atoms with Crippen LogP contribution in [0, 0.1) is 0 Å². The number of nitrogens with zero attached hydrogens (tertiary/aromatic N) is 2. The average Bonchev–Trinajstić information content (AvgIpc) is 2.53. The molecule has 5 nitrogen and oxygen atoms in total. The Morgan fingerprint density at radius 2 is 2.31 bits per heavy atom. The van der Waals surface area contributed by atoms with Gasteiger partial charge in [0.15, 0.2) is 0 Å². The van der Waals surface area contributed by atoms with Gasteiger partial charge in [-0.2, -0.15) is 0 Å². The second kappa shape index (κ2) is 3.20. The molecule has 0 aliphatic carbocycles. The van der Waals surface area contributed by atoms with Crippen LogP contribution in [-0.2, 0) is 6.54 Å². The maximum absolute atomic E-state index is 11.7. The minimum atomic E-state index is -0.721. The molecule has 5 heteroatoms. The highest BCUT2D eigenvalue weighted by atomic mass is 16.3. The van der Waals surface area contributed by atoms with Gasteiger partial charge < -0.3 is 20.5 Å². The second-order valence-corrected chi connectivity index (χ2v) is 4.16. The summed E-state index contributed by atoms with van der Waals surface area (Å²) in [5, 5.41) is 21.7. The van der Waals surface area contributed by atoms with Crippen molar-refractivity contribution in [1.29, 1.82) is 0 Å². The number of rotatable bonds is 0. The largest absolute Gasteiger partial charge is 0.846 e. The van der Waals surface area contributed by atoms with Gasteiger partial charge in [-0.25, -0.2) is 4.98 Å². The van der Waals surface area contributed by atoms with Crippen molar-refractivity contribution < 1.29 is 10.2 Å². The number of aryl methyl sites for hydroxylation is 1. The van der Waals surface area contributed by atoms with Gasteiger partial charge in [-0.15, -0.1) is 0 Å². The Bertz CT molecular complexity index is 549. The summed E-state index contributed by atoms with van der Waals surface area (Å²) in [5.74, 6) is 0. The molecule has 1 aliphatic heterocycles. The molecule has 2 heterocycles. The molecule has 1 aromatic carbocycles. The molecule has 2 unspecified atom stereocenters. The number of aliphatic hydroxyl groups is 1. The van der Waals surface area contributed by atoms with Gasteiger partial charge in [-0.3, -0.25) is 0 Å². The quantitative estimate of drug-likeness (QED) is 0.645. The van der Waals surface area contributed by atoms with Gasteiger partial charge in [-0.1, -0.05) is 12.1 Å². The van der Waals surface area contributed by atoms with Crippen molar-refractivity contribution in [2.24, 2.45) is 5.73 Å². The lowest BCUT2D eigenvalue weighted by molar-refractivity contribution is -0.285. The summed E-state index contributed by atoms with van der Waals surface area (Å²) in [4.78, 5) is 3.94. The van der Waals surface area contributed by atoms with E-state index in [2.05, 4.69) is 4.98 Å². The summed E-state index contributed by atoms with van der Waals surface area (Å²) in [6, 6.07) is 4.78. The Morgan fingerprint density at radius 3 is 3.12 bits per heavy atom. The molecular weight excluding hydrogens is 206 g/mol. The number of benzene rings is 1. The smallest absolute Gasteiger partial charge is 0.0962 e. The first kappa shape index (κ1) is 9.62. The summed E-state index contributed by atoms with van der Waals surface area (Å²) < 4.78 is 1.60. The van der Waals surface area contributed by atoms with Crippen LogP contribution in [-0.4, -0.2) is 20.7 Å². The zero-order chi connectivity index (χ0) is 11.3. The maximum atomic E-state index is 11.7. The van der Waals surface area contributed by atoms with E-state index in [1.165, 1.54) is 0 Å². The Labute approximate surface area is 92.1 Å². The molecule has 16 heavy (non-hydrogen) atoms. The first-order valence-corrected chi connectivity index (χ1v) is 5.28. The molecule has 1 aliphatic rings. The summed E-state index contributed by atoms with van der Waals surface area (Å²) in [7, 11) is 0. The zero-order valence-corrected chi connectivity index (χ0v) is 8.63. The SMILES string of the molecule is NC1CCn2c([O-])nc3cccc(c32)C1O. The first-order chi connectivity index (χ1) is 7.68. The monoisotopic (exact) mass is 218 g/mol. The van der Waals surface area contributed by atoms with Crippen LogP contribution < -0.4 is 10.8 Å². The number of aliphatic hydroxyl groups excluding tert-OH is 1. The molecule has 0 saturated heterocycles. The van der Waals surface area contributed by atoms with Crippen LogP contribution >= 0.6 is 0 Å². The molecule has 0 saturated carbocycles. The normalized spacial score (nSPS) is 24.6. The van der Waals surface area contributed by atoms with E-state index >= 15 is 0 Å². The van der Waals surface area contributed by atoms with Gasteiger partial charge in [0, 0.05) is 18.2 Å². The zero-order valence-electron chi connectivity index (χ0n) is 8.63. The summed E-state index contributed by atoms with van der Waals surface area (Å²) >= 11 is 0. The molecule has 1 aromatic heterocycles. The predicted octanol–water partition coefficient (Wildman–Crippen LogP) is -0.126. The molecular formula is C11H12N3O2-. The Hall–Kier alpha value is -1.59. The van der Waals surface area contributed by atoms with Crippen molar-refractivity contribution in [3.05, 3.63) is 23.8 Å². The molecule has 0 bridgehead atoms. The standard InChI is InChI=1S/C11H13N3O2/c12-7-4-5-14-9-6(10(7)15)2-1-3-8(9)13-11(14)16/h1-3,7,10,15H,4-5,12H2,(H,13,16)/p-1. The van der Waals surface area contributed by atoms with Gasteiger partial charge in [0.1, 0.15) is 0 Å². The van der Waals surface area contributed by atoms with Gasteiger partial charge in [-0.05, 0) is 12.5 Å².